The van der Waals surface area contributed by atoms with Crippen LogP contribution in [0.2, 0.25) is 0 Å². The van der Waals surface area contributed by atoms with Crippen molar-refractivity contribution in [3.63, 3.8) is 0 Å². The fraction of sp³-hybridized carbons (Fsp3) is 0.321. The highest BCUT2D eigenvalue weighted by molar-refractivity contribution is 5.53. The Morgan fingerprint density at radius 3 is 1.60 bits per heavy atom. The number of likely N-dealkylation sites (tertiary alicyclic amines) is 1. The molecule has 0 aromatic heterocycles. The number of hydrogen-bond acceptors (Lipinski definition) is 0. The quantitative estimate of drug-likeness (QED) is 0.359. The summed E-state index contributed by atoms with van der Waals surface area (Å²) in [6, 6.07) is 35.0. The normalized spacial score (nSPS) is 26.2. The molecule has 30 heavy (non-hydrogen) atoms. The van der Waals surface area contributed by atoms with Crippen molar-refractivity contribution >= 4 is 6.34 Å². The third kappa shape index (κ3) is 3.67. The van der Waals surface area contributed by atoms with Crippen molar-refractivity contribution in [3.8, 4) is 0 Å². The highest BCUT2D eigenvalue weighted by atomic mass is 15.3. The molecule has 2 heterocycles. The summed E-state index contributed by atoms with van der Waals surface area (Å²) in [4.78, 5) is 2.63. The van der Waals surface area contributed by atoms with Crippen LogP contribution in [0.15, 0.2) is 91.0 Å². The third-order valence-electron chi connectivity index (χ3n) is 6.98. The molecule has 2 heteroatoms. The topological polar surface area (TPSA) is 6.25 Å². The molecular formula is C28H31N2+. The van der Waals surface area contributed by atoms with Gasteiger partial charge < -0.3 is 0 Å². The van der Waals surface area contributed by atoms with Crippen LogP contribution in [0.5, 0.6) is 0 Å². The van der Waals surface area contributed by atoms with Gasteiger partial charge in [-0.3, -0.25) is 9.48 Å². The first-order valence-electron chi connectivity index (χ1n) is 11.4. The van der Waals surface area contributed by atoms with Gasteiger partial charge in [0.25, 0.3) is 0 Å². The Hall–Kier alpha value is -2.87. The number of nitrogens with zero attached hydrogens (tertiary/aromatic N) is 2. The summed E-state index contributed by atoms with van der Waals surface area (Å²) in [7, 11) is 0. The van der Waals surface area contributed by atoms with Gasteiger partial charge in [0.1, 0.15) is 18.1 Å². The zero-order valence-electron chi connectivity index (χ0n) is 17.8. The summed E-state index contributed by atoms with van der Waals surface area (Å²) < 4.78 is 2.66. The van der Waals surface area contributed by atoms with Gasteiger partial charge in [0, 0.05) is 0 Å². The van der Waals surface area contributed by atoms with E-state index in [-0.39, 0.29) is 0 Å². The molecule has 152 valence electrons. The van der Waals surface area contributed by atoms with Gasteiger partial charge in [-0.2, -0.15) is 0 Å². The van der Waals surface area contributed by atoms with Gasteiger partial charge in [-0.15, -0.1) is 0 Å². The van der Waals surface area contributed by atoms with Crippen LogP contribution < -0.4 is 0 Å². The van der Waals surface area contributed by atoms with Crippen LogP contribution in [0, 0.1) is 0 Å². The molecule has 0 spiro atoms. The summed E-state index contributed by atoms with van der Waals surface area (Å²) in [5.74, 6) is 0. The summed E-state index contributed by atoms with van der Waals surface area (Å²) in [6.45, 7) is 2.38. The molecule has 2 saturated heterocycles. The summed E-state index contributed by atoms with van der Waals surface area (Å²) in [6.07, 6.45) is 7.34. The van der Waals surface area contributed by atoms with Crippen LogP contribution in [0.3, 0.4) is 0 Å². The number of benzene rings is 3. The van der Waals surface area contributed by atoms with Crippen LogP contribution in [0.25, 0.3) is 0 Å². The van der Waals surface area contributed by atoms with Crippen molar-refractivity contribution < 1.29 is 4.58 Å². The lowest BCUT2D eigenvalue weighted by atomic mass is 10.0. The van der Waals surface area contributed by atoms with E-state index in [1.165, 1.54) is 42.4 Å². The summed E-state index contributed by atoms with van der Waals surface area (Å²) in [5, 5.41) is 0. The van der Waals surface area contributed by atoms with Gasteiger partial charge in [-0.25, -0.2) is 0 Å². The predicted molar refractivity (Wildman–Crippen MR) is 124 cm³/mol. The smallest absolute Gasteiger partial charge is 0.235 e. The number of rotatable bonds is 4. The average molecular weight is 396 g/mol. The molecule has 3 aromatic carbocycles. The van der Waals surface area contributed by atoms with Crippen molar-refractivity contribution in [2.75, 3.05) is 0 Å². The SMILES string of the molecule is C[C@H]1CC[C@H](c2ccccc2)N1C=[N+]1[C@@H](c2ccccc2)CC[C@@H]1c1ccccc1. The zero-order valence-corrected chi connectivity index (χ0v) is 17.8. The van der Waals surface area contributed by atoms with Crippen molar-refractivity contribution in [2.24, 2.45) is 0 Å². The Morgan fingerprint density at radius 2 is 1.10 bits per heavy atom. The van der Waals surface area contributed by atoms with E-state index in [1.54, 1.807) is 0 Å². The average Bonchev–Trinajstić information content (AvgIpc) is 3.40. The lowest BCUT2D eigenvalue weighted by Gasteiger charge is -2.25. The van der Waals surface area contributed by atoms with Gasteiger partial charge in [0.2, 0.25) is 6.34 Å². The fourth-order valence-corrected chi connectivity index (χ4v) is 5.39. The molecule has 0 aliphatic carbocycles. The molecule has 0 saturated carbocycles. The highest BCUT2D eigenvalue weighted by Gasteiger charge is 2.40. The van der Waals surface area contributed by atoms with E-state index in [2.05, 4.69) is 114 Å². The minimum atomic E-state index is 0.431. The second-order valence-electron chi connectivity index (χ2n) is 8.79. The van der Waals surface area contributed by atoms with Gasteiger partial charge in [-0.1, -0.05) is 91.0 Å². The van der Waals surface area contributed by atoms with E-state index in [9.17, 15) is 0 Å². The molecule has 0 unspecified atom stereocenters. The maximum Gasteiger partial charge on any atom is 0.235 e. The number of hydrogen-bond donors (Lipinski definition) is 0. The second kappa shape index (κ2) is 8.47. The molecule has 5 rings (SSSR count). The van der Waals surface area contributed by atoms with E-state index in [0.29, 0.717) is 24.2 Å². The first-order valence-corrected chi connectivity index (χ1v) is 11.4. The molecule has 0 N–H and O–H groups in total. The van der Waals surface area contributed by atoms with Crippen LogP contribution in [0.4, 0.5) is 0 Å². The van der Waals surface area contributed by atoms with Crippen molar-refractivity contribution in [3.05, 3.63) is 108 Å². The fourth-order valence-electron chi connectivity index (χ4n) is 5.39. The van der Waals surface area contributed by atoms with E-state index in [1.807, 2.05) is 0 Å². The highest BCUT2D eigenvalue weighted by Crippen LogP contribution is 2.42. The predicted octanol–water partition coefficient (Wildman–Crippen LogP) is 6.53. The van der Waals surface area contributed by atoms with Gasteiger partial charge in [0.05, 0.1) is 6.04 Å². The lowest BCUT2D eigenvalue weighted by molar-refractivity contribution is -0.590. The van der Waals surface area contributed by atoms with E-state index in [4.69, 9.17) is 0 Å². The van der Waals surface area contributed by atoms with Crippen molar-refractivity contribution in [1.82, 2.24) is 4.90 Å². The van der Waals surface area contributed by atoms with Crippen LogP contribution >= 0.6 is 0 Å². The Kier molecular flexibility index (Phi) is 5.40. The standard InChI is InChI=1S/C28H31N2/c1-22-17-18-26(23-11-5-2-6-12-23)29(22)21-30-27(24-13-7-3-8-14-24)19-20-28(30)25-15-9-4-10-16-25/h2-16,21-22,26-28H,17-20H2,1H3/q+1/t22-,26+,27+,28+/m0/s1. The Bertz CT molecular complexity index is 931. The minimum Gasteiger partial charge on any atom is -0.259 e. The van der Waals surface area contributed by atoms with Crippen molar-refractivity contribution in [1.29, 1.82) is 0 Å². The molecule has 0 bridgehead atoms. The second-order valence-corrected chi connectivity index (χ2v) is 8.79. The molecule has 0 amide bonds. The third-order valence-corrected chi connectivity index (χ3v) is 6.98. The molecule has 3 aromatic rings. The monoisotopic (exact) mass is 395 g/mol. The molecule has 2 aliphatic rings. The van der Waals surface area contributed by atoms with Crippen LogP contribution in [-0.4, -0.2) is 21.9 Å². The Balaban J connectivity index is 1.56. The molecule has 2 aliphatic heterocycles. The molecule has 2 nitrogen and oxygen atoms in total. The zero-order chi connectivity index (χ0) is 20.3. The summed E-state index contributed by atoms with van der Waals surface area (Å²) >= 11 is 0. The van der Waals surface area contributed by atoms with E-state index >= 15 is 0 Å². The largest absolute Gasteiger partial charge is 0.259 e. The Morgan fingerprint density at radius 1 is 0.633 bits per heavy atom. The molecule has 0 radical (unpaired) electrons. The molecule has 4 atom stereocenters. The van der Waals surface area contributed by atoms with Gasteiger partial charge in [-0.05, 0) is 49.3 Å². The summed E-state index contributed by atoms with van der Waals surface area (Å²) in [5.41, 5.74) is 4.29. The van der Waals surface area contributed by atoms with Crippen molar-refractivity contribution in [2.45, 2.75) is 56.8 Å². The maximum absolute atomic E-state index is 2.66. The van der Waals surface area contributed by atoms with Gasteiger partial charge in [0.15, 0.2) is 0 Å². The lowest BCUT2D eigenvalue weighted by Crippen LogP contribution is -2.34. The van der Waals surface area contributed by atoms with E-state index in [0.717, 1.165) is 0 Å². The Labute approximate surface area is 180 Å². The van der Waals surface area contributed by atoms with Crippen LogP contribution in [-0.2, 0) is 0 Å². The van der Waals surface area contributed by atoms with Gasteiger partial charge >= 0.3 is 0 Å². The minimum absolute atomic E-state index is 0.431. The van der Waals surface area contributed by atoms with Crippen LogP contribution in [0.1, 0.15) is 67.4 Å². The molecule has 2 fully saturated rings. The maximum atomic E-state index is 2.66. The first-order chi connectivity index (χ1) is 14.8. The molecular weight excluding hydrogens is 364 g/mol. The first kappa shape index (κ1) is 19.1. The van der Waals surface area contributed by atoms with E-state index < -0.39 is 0 Å².